The predicted octanol–water partition coefficient (Wildman–Crippen LogP) is 4.63. The van der Waals surface area contributed by atoms with Gasteiger partial charge in [-0.05, 0) is 36.4 Å². The Kier molecular flexibility index (Phi) is 4.75. The van der Waals surface area contributed by atoms with E-state index in [1.807, 2.05) is 0 Å². The monoisotopic (exact) mass is 315 g/mol. The van der Waals surface area contributed by atoms with Gasteiger partial charge in [-0.25, -0.2) is 0 Å². The molecular weight excluding hydrogens is 303 g/mol. The van der Waals surface area contributed by atoms with Crippen LogP contribution in [0.5, 0.6) is 5.75 Å². The molecule has 0 radical (unpaired) electrons. The van der Waals surface area contributed by atoms with Crippen LogP contribution >= 0.6 is 11.6 Å². The van der Waals surface area contributed by atoms with Crippen molar-refractivity contribution < 1.29 is 17.9 Å². The minimum Gasteiger partial charge on any atom is -0.405 e. The van der Waals surface area contributed by atoms with Crippen LogP contribution in [0.25, 0.3) is 11.1 Å². The van der Waals surface area contributed by atoms with Crippen LogP contribution in [0.4, 0.5) is 13.2 Å². The second-order valence-corrected chi connectivity index (χ2v) is 4.81. The van der Waals surface area contributed by atoms with Gasteiger partial charge < -0.3 is 10.1 Å². The van der Waals surface area contributed by atoms with Crippen molar-refractivity contribution in [3.8, 4) is 16.9 Å². The lowest BCUT2D eigenvalue weighted by Crippen LogP contribution is -2.17. The summed E-state index contributed by atoms with van der Waals surface area (Å²) in [7, 11) is 1.76. The first-order valence-corrected chi connectivity index (χ1v) is 6.56. The van der Waals surface area contributed by atoms with Crippen LogP contribution in [0.15, 0.2) is 42.5 Å². The number of ether oxygens (including phenoxy) is 1. The van der Waals surface area contributed by atoms with Crippen molar-refractivity contribution >= 4 is 11.6 Å². The summed E-state index contributed by atoms with van der Waals surface area (Å²) < 4.78 is 41.6. The molecule has 0 atom stereocenters. The van der Waals surface area contributed by atoms with Crippen LogP contribution in [-0.4, -0.2) is 13.4 Å². The van der Waals surface area contributed by atoms with Gasteiger partial charge in [0.15, 0.2) is 0 Å². The largest absolute Gasteiger partial charge is 0.573 e. The van der Waals surface area contributed by atoms with E-state index in [4.69, 9.17) is 11.6 Å². The fourth-order valence-electron chi connectivity index (χ4n) is 2.05. The molecule has 0 aliphatic rings. The standard InChI is InChI=1S/C15H13ClF3NO/c1-20-9-10-6-7-11(16)8-13(10)12-4-2-3-5-14(12)21-15(17,18)19/h2-8,20H,9H2,1H3. The second-order valence-electron chi connectivity index (χ2n) is 4.38. The molecule has 0 aliphatic carbocycles. The molecule has 2 aromatic carbocycles. The van der Waals surface area contributed by atoms with Crippen molar-refractivity contribution in [2.45, 2.75) is 12.9 Å². The SMILES string of the molecule is CNCc1ccc(Cl)cc1-c1ccccc1OC(F)(F)F. The number of rotatable bonds is 4. The highest BCUT2D eigenvalue weighted by molar-refractivity contribution is 6.30. The Hall–Kier alpha value is -1.72. The van der Waals surface area contributed by atoms with Crippen molar-refractivity contribution in [3.05, 3.63) is 53.1 Å². The maximum absolute atomic E-state index is 12.5. The van der Waals surface area contributed by atoms with E-state index in [-0.39, 0.29) is 5.75 Å². The van der Waals surface area contributed by atoms with E-state index in [2.05, 4.69) is 10.1 Å². The molecule has 112 valence electrons. The first kappa shape index (κ1) is 15.7. The molecule has 6 heteroatoms. The van der Waals surface area contributed by atoms with E-state index in [9.17, 15) is 13.2 Å². The maximum Gasteiger partial charge on any atom is 0.573 e. The number of hydrogen-bond donors (Lipinski definition) is 1. The van der Waals surface area contributed by atoms with Crippen LogP contribution in [0.2, 0.25) is 5.02 Å². The maximum atomic E-state index is 12.5. The average molecular weight is 316 g/mol. The number of nitrogens with one attached hydrogen (secondary N) is 1. The Morgan fingerprint density at radius 3 is 2.48 bits per heavy atom. The molecule has 0 saturated carbocycles. The lowest BCUT2D eigenvalue weighted by Gasteiger charge is -2.16. The van der Waals surface area contributed by atoms with Gasteiger partial charge in [0, 0.05) is 17.1 Å². The third-order valence-corrected chi connectivity index (χ3v) is 3.08. The van der Waals surface area contributed by atoms with Crippen molar-refractivity contribution in [1.29, 1.82) is 0 Å². The van der Waals surface area contributed by atoms with Gasteiger partial charge in [0.25, 0.3) is 0 Å². The quantitative estimate of drug-likeness (QED) is 0.888. The van der Waals surface area contributed by atoms with Gasteiger partial charge in [-0.15, -0.1) is 13.2 Å². The van der Waals surface area contributed by atoms with Crippen LogP contribution in [-0.2, 0) is 6.54 Å². The zero-order chi connectivity index (χ0) is 15.5. The summed E-state index contributed by atoms with van der Waals surface area (Å²) in [5.74, 6) is -0.246. The highest BCUT2D eigenvalue weighted by Gasteiger charge is 2.32. The van der Waals surface area contributed by atoms with Crippen LogP contribution in [0, 0.1) is 0 Å². The molecule has 0 amide bonds. The Labute approximate surface area is 125 Å². The molecule has 0 saturated heterocycles. The topological polar surface area (TPSA) is 21.3 Å². The molecule has 0 spiro atoms. The number of benzene rings is 2. The molecule has 1 N–H and O–H groups in total. The van der Waals surface area contributed by atoms with Crippen LogP contribution in [0.3, 0.4) is 0 Å². The Bertz CT molecular complexity index is 629. The highest BCUT2D eigenvalue weighted by Crippen LogP contribution is 2.36. The Balaban J connectivity index is 2.53. The smallest absolute Gasteiger partial charge is 0.405 e. The summed E-state index contributed by atoms with van der Waals surface area (Å²) in [5.41, 5.74) is 1.79. The number of halogens is 4. The third kappa shape index (κ3) is 4.12. The molecule has 0 fully saturated rings. The molecule has 2 rings (SSSR count). The second kappa shape index (κ2) is 6.37. The first-order valence-electron chi connectivity index (χ1n) is 6.19. The van der Waals surface area contributed by atoms with E-state index in [1.54, 1.807) is 37.4 Å². The predicted molar refractivity (Wildman–Crippen MR) is 76.3 cm³/mol. The lowest BCUT2D eigenvalue weighted by atomic mass is 9.99. The van der Waals surface area contributed by atoms with Crippen LogP contribution < -0.4 is 10.1 Å². The summed E-state index contributed by atoms with van der Waals surface area (Å²) in [5, 5.41) is 3.43. The Morgan fingerprint density at radius 2 is 1.81 bits per heavy atom. The van der Waals surface area contributed by atoms with Gasteiger partial charge in [-0.2, -0.15) is 0 Å². The fourth-order valence-corrected chi connectivity index (χ4v) is 2.22. The van der Waals surface area contributed by atoms with Gasteiger partial charge in [0.05, 0.1) is 0 Å². The lowest BCUT2D eigenvalue weighted by molar-refractivity contribution is -0.274. The molecule has 0 aliphatic heterocycles. The van der Waals surface area contributed by atoms with Crippen molar-refractivity contribution in [2.24, 2.45) is 0 Å². The third-order valence-electron chi connectivity index (χ3n) is 2.84. The first-order chi connectivity index (χ1) is 9.90. The number of hydrogen-bond acceptors (Lipinski definition) is 2. The van der Waals surface area contributed by atoms with E-state index in [0.717, 1.165) is 5.56 Å². The molecule has 0 unspecified atom stereocenters. The summed E-state index contributed by atoms with van der Waals surface area (Å²) in [6.07, 6.45) is -4.74. The molecule has 21 heavy (non-hydrogen) atoms. The van der Waals surface area contributed by atoms with E-state index in [1.165, 1.54) is 12.1 Å². The molecular formula is C15H13ClF3NO. The van der Waals surface area contributed by atoms with Gasteiger partial charge in [0.2, 0.25) is 0 Å². The van der Waals surface area contributed by atoms with Gasteiger partial charge in [-0.1, -0.05) is 35.9 Å². The minimum atomic E-state index is -4.74. The van der Waals surface area contributed by atoms with Crippen molar-refractivity contribution in [3.63, 3.8) is 0 Å². The zero-order valence-electron chi connectivity index (χ0n) is 11.2. The summed E-state index contributed by atoms with van der Waals surface area (Å²) in [6, 6.07) is 11.1. The van der Waals surface area contributed by atoms with E-state index < -0.39 is 6.36 Å². The highest BCUT2D eigenvalue weighted by atomic mass is 35.5. The molecule has 2 aromatic rings. The minimum absolute atomic E-state index is 0.246. The number of para-hydroxylation sites is 1. The van der Waals surface area contributed by atoms with Crippen LogP contribution in [0.1, 0.15) is 5.56 Å². The summed E-state index contributed by atoms with van der Waals surface area (Å²) in [4.78, 5) is 0. The summed E-state index contributed by atoms with van der Waals surface area (Å²) >= 11 is 5.97. The fraction of sp³-hybridized carbons (Fsp3) is 0.200. The Morgan fingerprint density at radius 1 is 1.10 bits per heavy atom. The molecule has 2 nitrogen and oxygen atoms in total. The van der Waals surface area contributed by atoms with E-state index in [0.29, 0.717) is 22.7 Å². The van der Waals surface area contributed by atoms with Crippen molar-refractivity contribution in [1.82, 2.24) is 5.32 Å². The van der Waals surface area contributed by atoms with Gasteiger partial charge >= 0.3 is 6.36 Å². The zero-order valence-corrected chi connectivity index (χ0v) is 11.9. The molecule has 0 heterocycles. The van der Waals surface area contributed by atoms with Crippen molar-refractivity contribution in [2.75, 3.05) is 7.05 Å². The molecule has 0 aromatic heterocycles. The average Bonchev–Trinajstić information content (AvgIpc) is 2.40. The molecule has 0 bridgehead atoms. The van der Waals surface area contributed by atoms with Gasteiger partial charge in [-0.3, -0.25) is 0 Å². The summed E-state index contributed by atoms with van der Waals surface area (Å²) in [6.45, 7) is 0.507. The van der Waals surface area contributed by atoms with E-state index >= 15 is 0 Å². The normalized spacial score (nSPS) is 11.5. The van der Waals surface area contributed by atoms with Gasteiger partial charge in [0.1, 0.15) is 5.75 Å². The number of alkyl halides is 3.